The lowest BCUT2D eigenvalue weighted by atomic mass is 9.99. The fourth-order valence-electron chi connectivity index (χ4n) is 2.64. The van der Waals surface area contributed by atoms with Crippen LogP contribution in [0.25, 0.3) is 6.08 Å². The van der Waals surface area contributed by atoms with Crippen molar-refractivity contribution in [2.45, 2.75) is 25.7 Å². The number of hydrogen-bond acceptors (Lipinski definition) is 2. The maximum atomic E-state index is 11.8. The van der Waals surface area contributed by atoms with E-state index in [0.717, 1.165) is 36.2 Å². The van der Waals surface area contributed by atoms with E-state index in [1.807, 2.05) is 4.73 Å². The fourth-order valence-corrected chi connectivity index (χ4v) is 2.64. The van der Waals surface area contributed by atoms with E-state index in [1.54, 1.807) is 7.11 Å². The van der Waals surface area contributed by atoms with Gasteiger partial charge in [0.25, 0.3) is 0 Å². The normalized spacial score (nSPS) is 17.8. The minimum Gasteiger partial charge on any atom is -0.417 e. The topological polar surface area (TPSA) is 31.2 Å². The van der Waals surface area contributed by atoms with E-state index in [9.17, 15) is 4.79 Å². The largest absolute Gasteiger partial charge is 0.417 e. The van der Waals surface area contributed by atoms with E-state index in [-0.39, 0.29) is 5.78 Å². The number of nitrogens with zero attached hydrogens (tertiary/aromatic N) is 1. The molecule has 3 nitrogen and oxygen atoms in total. The van der Waals surface area contributed by atoms with Crippen LogP contribution in [0.3, 0.4) is 0 Å². The highest BCUT2D eigenvalue weighted by molar-refractivity contribution is 6.02. The van der Waals surface area contributed by atoms with Crippen LogP contribution in [0.2, 0.25) is 0 Å². The van der Waals surface area contributed by atoms with Crippen LogP contribution in [0, 0.1) is 0 Å². The average Bonchev–Trinajstić information content (AvgIpc) is 2.77. The molecule has 0 atom stereocenters. The molecule has 1 aromatic heterocycles. The summed E-state index contributed by atoms with van der Waals surface area (Å²) in [6, 6.07) is 0. The molecule has 0 unspecified atom stereocenters. The van der Waals surface area contributed by atoms with E-state index < -0.39 is 0 Å². The van der Waals surface area contributed by atoms with Gasteiger partial charge in [0.2, 0.25) is 0 Å². The quantitative estimate of drug-likeness (QED) is 0.694. The van der Waals surface area contributed by atoms with Crippen LogP contribution in [-0.4, -0.2) is 17.6 Å². The third-order valence-corrected chi connectivity index (χ3v) is 3.25. The number of carbonyl (C=O) groups excluding carboxylic acids is 1. The lowest BCUT2D eigenvalue weighted by Gasteiger charge is -2.11. The molecule has 3 heteroatoms. The second-order valence-corrected chi connectivity index (χ2v) is 4.03. The van der Waals surface area contributed by atoms with Gasteiger partial charge in [0, 0.05) is 12.0 Å². The monoisotopic (exact) mass is 203 g/mol. The van der Waals surface area contributed by atoms with Gasteiger partial charge in [-0.3, -0.25) is 4.79 Å². The summed E-state index contributed by atoms with van der Waals surface area (Å²) in [7, 11) is 1.66. The summed E-state index contributed by atoms with van der Waals surface area (Å²) >= 11 is 0. The van der Waals surface area contributed by atoms with Crippen molar-refractivity contribution in [2.75, 3.05) is 7.11 Å². The Morgan fingerprint density at radius 2 is 2.20 bits per heavy atom. The van der Waals surface area contributed by atoms with Crippen molar-refractivity contribution < 1.29 is 9.63 Å². The highest BCUT2D eigenvalue weighted by Crippen LogP contribution is 2.33. The zero-order valence-electron chi connectivity index (χ0n) is 8.75. The molecule has 0 radical (unpaired) electrons. The number of fused-ring (bicyclic) bond motifs is 3. The van der Waals surface area contributed by atoms with Crippen molar-refractivity contribution in [3.8, 4) is 0 Å². The van der Waals surface area contributed by atoms with Crippen molar-refractivity contribution in [1.29, 1.82) is 0 Å². The Labute approximate surface area is 88.3 Å². The molecule has 1 heterocycles. The van der Waals surface area contributed by atoms with Gasteiger partial charge in [0.15, 0.2) is 5.78 Å². The first-order chi connectivity index (χ1) is 7.33. The Kier molecular flexibility index (Phi) is 1.75. The van der Waals surface area contributed by atoms with Gasteiger partial charge < -0.3 is 4.84 Å². The zero-order valence-corrected chi connectivity index (χ0v) is 8.75. The molecule has 2 aliphatic rings. The standard InChI is InChI=1S/C12H13NO2/c1-15-13-9-5-3-2-4-8(9)12-10(13)6-7-11(12)14/h3,5H,2,4,6-7H2,1H3. The minimum atomic E-state index is 0.285. The Bertz CT molecular complexity index is 468. The molecule has 0 amide bonds. The Morgan fingerprint density at radius 1 is 1.33 bits per heavy atom. The molecule has 15 heavy (non-hydrogen) atoms. The second kappa shape index (κ2) is 2.99. The van der Waals surface area contributed by atoms with Gasteiger partial charge in [-0.1, -0.05) is 6.08 Å². The predicted octanol–water partition coefficient (Wildman–Crippen LogP) is 1.63. The van der Waals surface area contributed by atoms with E-state index in [2.05, 4.69) is 12.2 Å². The molecule has 0 spiro atoms. The number of hydrogen-bond donors (Lipinski definition) is 0. The number of ketones is 1. The first kappa shape index (κ1) is 8.77. The molecular weight excluding hydrogens is 190 g/mol. The maximum absolute atomic E-state index is 11.8. The van der Waals surface area contributed by atoms with Gasteiger partial charge in [0.1, 0.15) is 7.11 Å². The summed E-state index contributed by atoms with van der Waals surface area (Å²) in [6.45, 7) is 0. The fraction of sp³-hybridized carbons (Fsp3) is 0.417. The van der Waals surface area contributed by atoms with Crippen LogP contribution in [0.5, 0.6) is 0 Å². The van der Waals surface area contributed by atoms with Crippen LogP contribution in [-0.2, 0) is 12.8 Å². The van der Waals surface area contributed by atoms with E-state index >= 15 is 0 Å². The maximum Gasteiger partial charge on any atom is 0.165 e. The zero-order chi connectivity index (χ0) is 10.4. The third kappa shape index (κ3) is 1.03. The van der Waals surface area contributed by atoms with Crippen molar-refractivity contribution in [3.63, 3.8) is 0 Å². The van der Waals surface area contributed by atoms with Gasteiger partial charge in [-0.2, -0.15) is 4.73 Å². The SMILES string of the molecule is COn1c2c(c3c1CCC3=O)CCC=C2. The van der Waals surface area contributed by atoms with Gasteiger partial charge >= 0.3 is 0 Å². The van der Waals surface area contributed by atoms with E-state index in [1.165, 1.54) is 5.56 Å². The molecule has 1 aromatic rings. The highest BCUT2D eigenvalue weighted by atomic mass is 16.6. The molecule has 0 aromatic carbocycles. The van der Waals surface area contributed by atoms with Crippen LogP contribution in [0.15, 0.2) is 6.08 Å². The molecule has 0 saturated carbocycles. The smallest absolute Gasteiger partial charge is 0.165 e. The lowest BCUT2D eigenvalue weighted by molar-refractivity contribution is 0.0994. The van der Waals surface area contributed by atoms with Gasteiger partial charge in [0.05, 0.1) is 11.4 Å². The minimum absolute atomic E-state index is 0.285. The Balaban J connectivity index is 2.30. The van der Waals surface area contributed by atoms with Gasteiger partial charge in [-0.25, -0.2) is 0 Å². The van der Waals surface area contributed by atoms with Gasteiger partial charge in [-0.05, 0) is 30.9 Å². The summed E-state index contributed by atoms with van der Waals surface area (Å²) in [5.41, 5.74) is 4.27. The second-order valence-electron chi connectivity index (χ2n) is 4.03. The molecule has 0 bridgehead atoms. The summed E-state index contributed by atoms with van der Waals surface area (Å²) in [6.07, 6.45) is 7.66. The molecule has 0 fully saturated rings. The molecular formula is C12H13NO2. The first-order valence-corrected chi connectivity index (χ1v) is 5.33. The van der Waals surface area contributed by atoms with Crippen LogP contribution in [0.4, 0.5) is 0 Å². The van der Waals surface area contributed by atoms with Crippen LogP contribution >= 0.6 is 0 Å². The molecule has 78 valence electrons. The molecule has 0 saturated heterocycles. The molecule has 0 N–H and O–H groups in total. The summed E-state index contributed by atoms with van der Waals surface area (Å²) in [5, 5.41) is 0. The summed E-state index contributed by atoms with van der Waals surface area (Å²) < 4.78 is 1.82. The van der Waals surface area contributed by atoms with Crippen molar-refractivity contribution in [2.24, 2.45) is 0 Å². The lowest BCUT2D eigenvalue weighted by Crippen LogP contribution is -2.12. The van der Waals surface area contributed by atoms with Crippen LogP contribution < -0.4 is 4.84 Å². The Morgan fingerprint density at radius 3 is 3.00 bits per heavy atom. The van der Waals surface area contributed by atoms with E-state index in [0.29, 0.717) is 6.42 Å². The first-order valence-electron chi connectivity index (χ1n) is 5.33. The summed E-state index contributed by atoms with van der Waals surface area (Å²) in [4.78, 5) is 17.1. The van der Waals surface area contributed by atoms with Gasteiger partial charge in [-0.15, -0.1) is 0 Å². The number of aromatic nitrogens is 1. The highest BCUT2D eigenvalue weighted by Gasteiger charge is 2.31. The number of allylic oxidation sites excluding steroid dienone is 1. The molecule has 0 aliphatic heterocycles. The Hall–Kier alpha value is -1.51. The molecule has 3 rings (SSSR count). The molecule has 2 aliphatic carbocycles. The van der Waals surface area contributed by atoms with Crippen molar-refractivity contribution in [1.82, 2.24) is 4.73 Å². The van der Waals surface area contributed by atoms with Crippen LogP contribution in [0.1, 0.15) is 40.2 Å². The number of rotatable bonds is 1. The van der Waals surface area contributed by atoms with Crippen molar-refractivity contribution in [3.05, 3.63) is 28.6 Å². The predicted molar refractivity (Wildman–Crippen MR) is 56.9 cm³/mol. The number of Topliss-reactive ketones (excluding diaryl/α,β-unsaturated/α-hetero) is 1. The van der Waals surface area contributed by atoms with E-state index in [4.69, 9.17) is 4.84 Å². The summed E-state index contributed by atoms with van der Waals surface area (Å²) in [5.74, 6) is 0.285. The van der Waals surface area contributed by atoms with Crippen molar-refractivity contribution >= 4 is 11.9 Å². The average molecular weight is 203 g/mol. The third-order valence-electron chi connectivity index (χ3n) is 3.25. The number of carbonyl (C=O) groups is 1.